The molecule has 2 N–H and O–H groups in total. The molecular formula is C30H33N3O6. The zero-order valence-corrected chi connectivity index (χ0v) is 22.3. The lowest BCUT2D eigenvalue weighted by Gasteiger charge is -2.20. The predicted octanol–water partition coefficient (Wildman–Crippen LogP) is 3.77. The van der Waals surface area contributed by atoms with Crippen molar-refractivity contribution in [3.63, 3.8) is 0 Å². The molecule has 0 saturated heterocycles. The minimum absolute atomic E-state index is 0.107. The van der Waals surface area contributed by atoms with E-state index in [9.17, 15) is 14.4 Å². The maximum atomic E-state index is 12.7. The van der Waals surface area contributed by atoms with E-state index >= 15 is 0 Å². The number of ether oxygens (including phenoxy) is 3. The highest BCUT2D eigenvalue weighted by Crippen LogP contribution is 2.27. The minimum Gasteiger partial charge on any atom is -0.497 e. The Morgan fingerprint density at radius 3 is 2.28 bits per heavy atom. The van der Waals surface area contributed by atoms with Gasteiger partial charge in [-0.2, -0.15) is 0 Å². The molecule has 0 aromatic heterocycles. The fourth-order valence-corrected chi connectivity index (χ4v) is 3.64. The van der Waals surface area contributed by atoms with Gasteiger partial charge in [0.15, 0.2) is 0 Å². The average Bonchev–Trinajstić information content (AvgIpc) is 2.96. The number of nitrogens with one attached hydrogen (secondary N) is 2. The number of hydrogen-bond acceptors (Lipinski definition) is 7. The second-order valence-electron chi connectivity index (χ2n) is 8.72. The standard InChI is InChI=1S/C22H26N2O5.C8H7NO/c1-15(23-16(2)25)21(26)24-20(13-17-9-11-19(28-3)12-10-17)22(27)29-14-18-7-5-4-6-8-18;1-2-4-8-7(3-1)9-5-6-10-8/h4-12,15,20H,13-14H2,1-3H3,(H,23,25)(H,24,26);1-5H,6H2. The first-order valence-corrected chi connectivity index (χ1v) is 12.5. The second-order valence-corrected chi connectivity index (χ2v) is 8.72. The second kappa shape index (κ2) is 14.9. The third-order valence-electron chi connectivity index (χ3n) is 5.65. The van der Waals surface area contributed by atoms with Crippen LogP contribution in [0.2, 0.25) is 0 Å². The van der Waals surface area contributed by atoms with E-state index in [0.29, 0.717) is 12.4 Å². The van der Waals surface area contributed by atoms with Crippen LogP contribution in [-0.2, 0) is 32.1 Å². The smallest absolute Gasteiger partial charge is 0.329 e. The van der Waals surface area contributed by atoms with Crippen LogP contribution in [0.25, 0.3) is 0 Å². The summed E-state index contributed by atoms with van der Waals surface area (Å²) in [7, 11) is 1.57. The number of hydrogen-bond donors (Lipinski definition) is 2. The minimum atomic E-state index is -0.893. The van der Waals surface area contributed by atoms with Gasteiger partial charge in [-0.05, 0) is 42.3 Å². The van der Waals surface area contributed by atoms with Crippen molar-refractivity contribution >= 4 is 29.7 Å². The number of methoxy groups -OCH3 is 1. The predicted molar refractivity (Wildman–Crippen MR) is 148 cm³/mol. The maximum absolute atomic E-state index is 12.7. The van der Waals surface area contributed by atoms with Gasteiger partial charge in [0.1, 0.15) is 42.5 Å². The maximum Gasteiger partial charge on any atom is 0.329 e. The van der Waals surface area contributed by atoms with E-state index in [0.717, 1.165) is 22.6 Å². The molecular weight excluding hydrogens is 498 g/mol. The van der Waals surface area contributed by atoms with E-state index in [1.807, 2.05) is 66.7 Å². The van der Waals surface area contributed by atoms with E-state index in [1.165, 1.54) is 6.92 Å². The lowest BCUT2D eigenvalue weighted by molar-refractivity contribution is -0.149. The molecule has 1 aliphatic rings. The molecule has 2 atom stereocenters. The van der Waals surface area contributed by atoms with Crippen LogP contribution < -0.4 is 20.1 Å². The van der Waals surface area contributed by atoms with Crippen molar-refractivity contribution in [2.45, 2.75) is 39.0 Å². The highest BCUT2D eigenvalue weighted by Gasteiger charge is 2.25. The fourth-order valence-electron chi connectivity index (χ4n) is 3.64. The molecule has 3 aromatic carbocycles. The number of esters is 1. The van der Waals surface area contributed by atoms with Crippen LogP contribution in [0.4, 0.5) is 5.69 Å². The first kappa shape index (κ1) is 28.9. The Morgan fingerprint density at radius 2 is 1.62 bits per heavy atom. The molecule has 1 heterocycles. The summed E-state index contributed by atoms with van der Waals surface area (Å²) in [6.07, 6.45) is 2.01. The molecule has 0 saturated carbocycles. The molecule has 204 valence electrons. The third kappa shape index (κ3) is 9.62. The van der Waals surface area contributed by atoms with Crippen molar-refractivity contribution in [3.8, 4) is 11.5 Å². The fraction of sp³-hybridized carbons (Fsp3) is 0.267. The van der Waals surface area contributed by atoms with Crippen molar-refractivity contribution in [3.05, 3.63) is 90.0 Å². The molecule has 9 nitrogen and oxygen atoms in total. The Balaban J connectivity index is 0.000000346. The van der Waals surface area contributed by atoms with Crippen LogP contribution in [0.1, 0.15) is 25.0 Å². The van der Waals surface area contributed by atoms with Crippen LogP contribution in [0.3, 0.4) is 0 Å². The first-order valence-electron chi connectivity index (χ1n) is 12.5. The molecule has 0 spiro atoms. The van der Waals surface area contributed by atoms with Crippen LogP contribution in [0.5, 0.6) is 11.5 Å². The van der Waals surface area contributed by atoms with E-state index in [1.54, 1.807) is 32.4 Å². The number of benzene rings is 3. The number of aliphatic imine (C=N–C) groups is 1. The Labute approximate surface area is 228 Å². The summed E-state index contributed by atoms with van der Waals surface area (Å²) >= 11 is 0. The molecule has 0 fully saturated rings. The topological polar surface area (TPSA) is 115 Å². The summed E-state index contributed by atoms with van der Waals surface area (Å²) < 4.78 is 15.8. The number of rotatable bonds is 9. The van der Waals surface area contributed by atoms with Gasteiger partial charge in [0, 0.05) is 19.6 Å². The van der Waals surface area contributed by atoms with Crippen molar-refractivity contribution in [2.24, 2.45) is 4.99 Å². The Morgan fingerprint density at radius 1 is 0.923 bits per heavy atom. The van der Waals surface area contributed by atoms with Crippen LogP contribution in [0, 0.1) is 0 Å². The highest BCUT2D eigenvalue weighted by atomic mass is 16.5. The van der Waals surface area contributed by atoms with E-state index in [-0.39, 0.29) is 18.9 Å². The number of para-hydroxylation sites is 2. The number of fused-ring (bicyclic) bond motifs is 1. The van der Waals surface area contributed by atoms with Crippen LogP contribution in [0.15, 0.2) is 83.9 Å². The molecule has 0 aliphatic carbocycles. The Hall–Kier alpha value is -4.66. The summed E-state index contributed by atoms with van der Waals surface area (Å²) in [4.78, 5) is 40.4. The van der Waals surface area contributed by atoms with Crippen LogP contribution >= 0.6 is 0 Å². The largest absolute Gasteiger partial charge is 0.497 e. The van der Waals surface area contributed by atoms with Gasteiger partial charge in [-0.1, -0.05) is 54.6 Å². The summed E-state index contributed by atoms with van der Waals surface area (Å²) in [6, 6.07) is 22.6. The molecule has 9 heteroatoms. The molecule has 39 heavy (non-hydrogen) atoms. The average molecular weight is 532 g/mol. The van der Waals surface area contributed by atoms with Gasteiger partial charge >= 0.3 is 5.97 Å². The summed E-state index contributed by atoms with van der Waals surface area (Å²) in [5.41, 5.74) is 2.61. The van der Waals surface area contributed by atoms with Gasteiger partial charge in [0.2, 0.25) is 11.8 Å². The lowest BCUT2D eigenvalue weighted by Crippen LogP contribution is -2.51. The molecule has 0 radical (unpaired) electrons. The number of nitrogens with zero attached hydrogens (tertiary/aromatic N) is 1. The normalized spacial score (nSPS) is 12.8. The number of carbonyl (C=O) groups excluding carboxylic acids is 3. The van der Waals surface area contributed by atoms with E-state index < -0.39 is 24.0 Å². The zero-order chi connectivity index (χ0) is 28.0. The molecule has 4 rings (SSSR count). The first-order chi connectivity index (χ1) is 18.9. The van der Waals surface area contributed by atoms with Crippen molar-refractivity contribution < 1.29 is 28.6 Å². The SMILES string of the molecule is C1=Nc2ccccc2OC1.COc1ccc(CC(NC(=O)C(C)NC(C)=O)C(=O)OCc2ccccc2)cc1. The lowest BCUT2D eigenvalue weighted by atomic mass is 10.1. The van der Waals surface area contributed by atoms with Crippen molar-refractivity contribution in [1.29, 1.82) is 0 Å². The zero-order valence-electron chi connectivity index (χ0n) is 22.3. The Bertz CT molecular complexity index is 1260. The molecule has 1 aliphatic heterocycles. The van der Waals surface area contributed by atoms with E-state index in [2.05, 4.69) is 15.6 Å². The van der Waals surface area contributed by atoms with Gasteiger partial charge in [-0.15, -0.1) is 0 Å². The monoisotopic (exact) mass is 531 g/mol. The van der Waals surface area contributed by atoms with E-state index in [4.69, 9.17) is 14.2 Å². The van der Waals surface area contributed by atoms with Crippen molar-refractivity contribution in [1.82, 2.24) is 10.6 Å². The Kier molecular flexibility index (Phi) is 11.1. The number of carbonyl (C=O) groups is 3. The highest BCUT2D eigenvalue weighted by molar-refractivity contribution is 5.90. The van der Waals surface area contributed by atoms with Crippen LogP contribution in [-0.4, -0.2) is 49.8 Å². The van der Waals surface area contributed by atoms with Gasteiger partial charge in [-0.25, -0.2) is 4.79 Å². The molecule has 2 unspecified atom stereocenters. The molecule has 3 aromatic rings. The van der Waals surface area contributed by atoms with Gasteiger partial charge in [0.25, 0.3) is 0 Å². The van der Waals surface area contributed by atoms with Gasteiger partial charge < -0.3 is 24.8 Å². The van der Waals surface area contributed by atoms with Gasteiger partial charge in [0.05, 0.1) is 7.11 Å². The third-order valence-corrected chi connectivity index (χ3v) is 5.65. The summed E-state index contributed by atoms with van der Waals surface area (Å²) in [6.45, 7) is 3.58. The quantitative estimate of drug-likeness (QED) is 0.406. The number of amides is 2. The molecule has 2 amide bonds. The van der Waals surface area contributed by atoms with Crippen molar-refractivity contribution in [2.75, 3.05) is 13.7 Å². The summed E-state index contributed by atoms with van der Waals surface area (Å²) in [5, 5.41) is 5.18. The molecule has 0 bridgehead atoms. The summed E-state index contributed by atoms with van der Waals surface area (Å²) in [5.74, 6) is 0.236. The van der Waals surface area contributed by atoms with Gasteiger partial charge in [-0.3, -0.25) is 14.6 Å².